The van der Waals surface area contributed by atoms with Crippen molar-refractivity contribution in [3.8, 4) is 0 Å². The Bertz CT molecular complexity index is 575. The lowest BCUT2D eigenvalue weighted by atomic mass is 10.0. The molecule has 2 rings (SSSR count). The summed E-state index contributed by atoms with van der Waals surface area (Å²) >= 11 is 7.39. The second-order valence-corrected chi connectivity index (χ2v) is 5.69. The van der Waals surface area contributed by atoms with Crippen LogP contribution in [0.2, 0.25) is 5.02 Å². The lowest BCUT2D eigenvalue weighted by Crippen LogP contribution is -2.29. The standard InChI is InChI=1S/C13H16ClFN4S/c1-2-3-11-13(20-19-18-11)12(17-16)6-8-4-5-9(15)7-10(8)14/h4-5,7,12,17H,2-3,6,16H2,1H3. The van der Waals surface area contributed by atoms with Gasteiger partial charge in [0.15, 0.2) is 0 Å². The van der Waals surface area contributed by atoms with E-state index in [9.17, 15) is 4.39 Å². The highest BCUT2D eigenvalue weighted by atomic mass is 35.5. The second kappa shape index (κ2) is 7.08. The van der Waals surface area contributed by atoms with Crippen LogP contribution in [-0.4, -0.2) is 9.59 Å². The van der Waals surface area contributed by atoms with Gasteiger partial charge in [0.1, 0.15) is 5.82 Å². The third-order valence-electron chi connectivity index (χ3n) is 3.03. The Morgan fingerprint density at radius 2 is 2.30 bits per heavy atom. The molecule has 3 N–H and O–H groups in total. The summed E-state index contributed by atoms with van der Waals surface area (Å²) in [7, 11) is 0. The molecule has 1 unspecified atom stereocenters. The van der Waals surface area contributed by atoms with Crippen LogP contribution in [0, 0.1) is 5.82 Å². The number of nitrogens with one attached hydrogen (secondary N) is 1. The van der Waals surface area contributed by atoms with E-state index in [4.69, 9.17) is 17.4 Å². The maximum Gasteiger partial charge on any atom is 0.124 e. The highest BCUT2D eigenvalue weighted by Gasteiger charge is 2.19. The SMILES string of the molecule is CCCc1nnsc1C(Cc1ccc(F)cc1Cl)NN. The van der Waals surface area contributed by atoms with Crippen molar-refractivity contribution in [3.63, 3.8) is 0 Å². The van der Waals surface area contributed by atoms with Crippen LogP contribution in [-0.2, 0) is 12.8 Å². The molecule has 0 aliphatic rings. The number of hydrogen-bond donors (Lipinski definition) is 2. The Balaban J connectivity index is 2.22. The van der Waals surface area contributed by atoms with Crippen molar-refractivity contribution in [1.82, 2.24) is 15.0 Å². The van der Waals surface area contributed by atoms with Crippen LogP contribution in [0.25, 0.3) is 0 Å². The molecule has 0 amide bonds. The number of hydrazine groups is 1. The first-order valence-corrected chi connectivity index (χ1v) is 7.52. The average Bonchev–Trinajstić information content (AvgIpc) is 2.87. The summed E-state index contributed by atoms with van der Waals surface area (Å²) in [5.74, 6) is 5.30. The summed E-state index contributed by atoms with van der Waals surface area (Å²) < 4.78 is 17.1. The zero-order chi connectivity index (χ0) is 14.5. The Labute approximate surface area is 126 Å². The van der Waals surface area contributed by atoms with E-state index < -0.39 is 0 Å². The van der Waals surface area contributed by atoms with Gasteiger partial charge < -0.3 is 0 Å². The second-order valence-electron chi connectivity index (χ2n) is 4.49. The molecular weight excluding hydrogens is 299 g/mol. The molecule has 0 saturated heterocycles. The van der Waals surface area contributed by atoms with Gasteiger partial charge in [-0.2, -0.15) is 0 Å². The van der Waals surface area contributed by atoms with E-state index >= 15 is 0 Å². The summed E-state index contributed by atoms with van der Waals surface area (Å²) in [6.07, 6.45) is 2.42. The van der Waals surface area contributed by atoms with E-state index in [1.54, 1.807) is 6.07 Å². The number of nitrogens with zero attached hydrogens (tertiary/aromatic N) is 2. The molecule has 0 spiro atoms. The van der Waals surface area contributed by atoms with Gasteiger partial charge in [-0.05, 0) is 42.1 Å². The van der Waals surface area contributed by atoms with Gasteiger partial charge in [0.05, 0.1) is 16.6 Å². The van der Waals surface area contributed by atoms with Gasteiger partial charge in [-0.15, -0.1) is 5.10 Å². The molecule has 0 aliphatic carbocycles. The molecule has 0 saturated carbocycles. The van der Waals surface area contributed by atoms with Gasteiger partial charge in [0.2, 0.25) is 0 Å². The predicted octanol–water partition coefficient (Wildman–Crippen LogP) is 3.03. The Hall–Kier alpha value is -1.08. The number of aryl methyl sites for hydroxylation is 1. The lowest BCUT2D eigenvalue weighted by Gasteiger charge is -2.16. The summed E-state index contributed by atoms with van der Waals surface area (Å²) in [6.45, 7) is 2.09. The van der Waals surface area contributed by atoms with E-state index in [1.807, 2.05) is 0 Å². The molecule has 2 aromatic rings. The molecule has 4 nitrogen and oxygen atoms in total. The summed E-state index contributed by atoms with van der Waals surface area (Å²) in [4.78, 5) is 1.01. The van der Waals surface area contributed by atoms with Gasteiger partial charge in [0, 0.05) is 5.02 Å². The highest BCUT2D eigenvalue weighted by Crippen LogP contribution is 2.27. The van der Waals surface area contributed by atoms with Crippen molar-refractivity contribution < 1.29 is 4.39 Å². The van der Waals surface area contributed by atoms with Gasteiger partial charge in [0.25, 0.3) is 0 Å². The smallest absolute Gasteiger partial charge is 0.124 e. The number of halogens is 2. The van der Waals surface area contributed by atoms with E-state index in [2.05, 4.69) is 21.9 Å². The van der Waals surface area contributed by atoms with Gasteiger partial charge in [-0.1, -0.05) is 35.5 Å². The first kappa shape index (κ1) is 15.3. The van der Waals surface area contributed by atoms with Crippen molar-refractivity contribution in [2.75, 3.05) is 0 Å². The minimum atomic E-state index is -0.345. The molecule has 1 atom stereocenters. The molecule has 1 heterocycles. The van der Waals surface area contributed by atoms with Crippen LogP contribution >= 0.6 is 23.1 Å². The normalized spacial score (nSPS) is 12.6. The molecule has 0 radical (unpaired) electrons. The number of hydrogen-bond acceptors (Lipinski definition) is 5. The van der Waals surface area contributed by atoms with Crippen molar-refractivity contribution in [1.29, 1.82) is 0 Å². The average molecular weight is 315 g/mol. The number of benzene rings is 1. The van der Waals surface area contributed by atoms with E-state index in [1.165, 1.54) is 23.7 Å². The first-order chi connectivity index (χ1) is 9.65. The van der Waals surface area contributed by atoms with Crippen LogP contribution in [0.3, 0.4) is 0 Å². The summed E-state index contributed by atoms with van der Waals surface area (Å²) in [5.41, 5.74) is 4.57. The summed E-state index contributed by atoms with van der Waals surface area (Å²) in [5, 5.41) is 4.54. The largest absolute Gasteiger partial charge is 0.271 e. The number of rotatable bonds is 6. The first-order valence-electron chi connectivity index (χ1n) is 6.36. The maximum atomic E-state index is 13.1. The van der Waals surface area contributed by atoms with E-state index in [0.717, 1.165) is 29.0 Å². The predicted molar refractivity (Wildman–Crippen MR) is 79.1 cm³/mol. The third kappa shape index (κ3) is 3.52. The lowest BCUT2D eigenvalue weighted by molar-refractivity contribution is 0.553. The maximum absolute atomic E-state index is 13.1. The number of nitrogens with two attached hydrogens (primary N) is 1. The molecule has 1 aromatic heterocycles. The molecule has 1 aromatic carbocycles. The van der Waals surface area contributed by atoms with Crippen LogP contribution in [0.5, 0.6) is 0 Å². The zero-order valence-electron chi connectivity index (χ0n) is 11.1. The Kier molecular flexibility index (Phi) is 5.42. The minimum absolute atomic E-state index is 0.125. The fourth-order valence-electron chi connectivity index (χ4n) is 2.02. The molecule has 0 fully saturated rings. The molecule has 20 heavy (non-hydrogen) atoms. The van der Waals surface area contributed by atoms with Gasteiger partial charge in [-0.3, -0.25) is 11.3 Å². The minimum Gasteiger partial charge on any atom is -0.271 e. The van der Waals surface area contributed by atoms with Gasteiger partial charge in [-0.25, -0.2) is 4.39 Å². The van der Waals surface area contributed by atoms with Crippen molar-refractivity contribution >= 4 is 23.1 Å². The molecule has 0 aliphatic heterocycles. The topological polar surface area (TPSA) is 63.8 Å². The van der Waals surface area contributed by atoms with E-state index in [-0.39, 0.29) is 11.9 Å². The Morgan fingerprint density at radius 3 is 2.95 bits per heavy atom. The van der Waals surface area contributed by atoms with Crippen LogP contribution in [0.1, 0.15) is 35.5 Å². The van der Waals surface area contributed by atoms with Crippen molar-refractivity contribution in [3.05, 3.63) is 45.2 Å². The molecular formula is C13H16ClFN4S. The zero-order valence-corrected chi connectivity index (χ0v) is 12.6. The quantitative estimate of drug-likeness (QED) is 0.635. The van der Waals surface area contributed by atoms with Crippen LogP contribution in [0.15, 0.2) is 18.2 Å². The fourth-order valence-corrected chi connectivity index (χ4v) is 3.02. The molecule has 7 heteroatoms. The van der Waals surface area contributed by atoms with Crippen molar-refractivity contribution in [2.45, 2.75) is 32.2 Å². The van der Waals surface area contributed by atoms with Gasteiger partial charge >= 0.3 is 0 Å². The van der Waals surface area contributed by atoms with E-state index in [0.29, 0.717) is 11.4 Å². The fraction of sp³-hybridized carbons (Fsp3) is 0.385. The van der Waals surface area contributed by atoms with Crippen LogP contribution < -0.4 is 11.3 Å². The van der Waals surface area contributed by atoms with Crippen molar-refractivity contribution in [2.24, 2.45) is 5.84 Å². The monoisotopic (exact) mass is 314 g/mol. The Morgan fingerprint density at radius 1 is 1.50 bits per heavy atom. The summed E-state index contributed by atoms with van der Waals surface area (Å²) in [6, 6.07) is 4.25. The molecule has 108 valence electrons. The number of aromatic nitrogens is 2. The molecule has 0 bridgehead atoms. The third-order valence-corrected chi connectivity index (χ3v) is 4.26. The van der Waals surface area contributed by atoms with Crippen LogP contribution in [0.4, 0.5) is 4.39 Å². The highest BCUT2D eigenvalue weighted by molar-refractivity contribution is 7.05.